The van der Waals surface area contributed by atoms with E-state index in [1.54, 1.807) is 19.2 Å². The van der Waals surface area contributed by atoms with Gasteiger partial charge in [-0.05, 0) is 78.4 Å². The zero-order chi connectivity index (χ0) is 25.1. The van der Waals surface area contributed by atoms with Crippen LogP contribution in [0.2, 0.25) is 0 Å². The molecule has 0 aliphatic carbocycles. The average Bonchev–Trinajstić information content (AvgIpc) is 3.61. The van der Waals surface area contributed by atoms with Crippen LogP contribution < -0.4 is 21.7 Å². The normalized spacial score (nSPS) is 18.6. The number of ether oxygens (including phenoxy) is 3. The van der Waals surface area contributed by atoms with Gasteiger partial charge in [-0.2, -0.15) is 0 Å². The molecule has 1 aromatic heterocycles. The summed E-state index contributed by atoms with van der Waals surface area (Å²) >= 11 is 2.23. The van der Waals surface area contributed by atoms with E-state index < -0.39 is 11.4 Å². The molecular weight excluding hydrogens is 563 g/mol. The summed E-state index contributed by atoms with van der Waals surface area (Å²) in [4.78, 5) is 33.9. The van der Waals surface area contributed by atoms with Gasteiger partial charge in [0.05, 0.1) is 18.3 Å². The number of benzene rings is 2. The van der Waals surface area contributed by atoms with Crippen molar-refractivity contribution in [1.82, 2.24) is 14.1 Å². The fraction of sp³-hybridized carbons (Fsp3) is 0.400. The van der Waals surface area contributed by atoms with Crippen LogP contribution in [-0.2, 0) is 22.6 Å². The maximum absolute atomic E-state index is 13.5. The molecule has 4 rings (SSSR count). The molecule has 0 bridgehead atoms. The molecule has 0 amide bonds. The average molecular weight is 592 g/mol. The van der Waals surface area contributed by atoms with Crippen LogP contribution in [0.3, 0.4) is 0 Å². The second-order valence-corrected chi connectivity index (χ2v) is 10.1. The van der Waals surface area contributed by atoms with Crippen molar-refractivity contribution < 1.29 is 14.2 Å². The molecule has 2 unspecified atom stereocenters. The predicted octanol–water partition coefficient (Wildman–Crippen LogP) is 3.02. The van der Waals surface area contributed by atoms with E-state index in [9.17, 15) is 9.59 Å². The minimum Gasteiger partial charge on any atom is -0.491 e. The molecule has 9 nitrogen and oxygen atoms in total. The Morgan fingerprint density at radius 1 is 1.06 bits per heavy atom. The van der Waals surface area contributed by atoms with Crippen molar-refractivity contribution in [2.24, 2.45) is 10.9 Å². The standard InChI is InChI=1S/C25H29IN4O5/c1-15(2)34-20-11-9-19(10-12-20)27-23-28-24(31)30(13-16(3)21-22(33-4)35-21)25(32)29(23)14-17-5-7-18(26)8-6-17/h5-12,15-16,21-22H,13-14H2,1-4H3,(H,27,28,31)/t16-,21?,22?/m0/s1. The van der Waals surface area contributed by atoms with Crippen molar-refractivity contribution in [2.45, 2.75) is 52.4 Å². The second-order valence-electron chi connectivity index (χ2n) is 8.81. The summed E-state index contributed by atoms with van der Waals surface area (Å²) in [6.07, 6.45) is -0.386. The fourth-order valence-electron chi connectivity index (χ4n) is 3.81. The van der Waals surface area contributed by atoms with Crippen LogP contribution in [0.4, 0.5) is 5.69 Å². The Morgan fingerprint density at radius 3 is 2.34 bits per heavy atom. The highest BCUT2D eigenvalue weighted by atomic mass is 127. The molecule has 3 atom stereocenters. The number of aromatic nitrogens is 3. The number of hydrogen-bond donors (Lipinski definition) is 1. The Bertz CT molecular complexity index is 1340. The molecule has 0 radical (unpaired) electrons. The number of aromatic amines is 1. The highest BCUT2D eigenvalue weighted by molar-refractivity contribution is 14.1. The lowest BCUT2D eigenvalue weighted by atomic mass is 10.1. The molecule has 1 N–H and O–H groups in total. The first-order valence-corrected chi connectivity index (χ1v) is 12.5. The number of halogens is 1. The molecule has 2 aromatic carbocycles. The smallest absolute Gasteiger partial charge is 0.335 e. The van der Waals surface area contributed by atoms with E-state index in [1.807, 2.05) is 57.2 Å². The van der Waals surface area contributed by atoms with E-state index in [4.69, 9.17) is 14.2 Å². The Morgan fingerprint density at radius 2 is 1.74 bits per heavy atom. The van der Waals surface area contributed by atoms with Gasteiger partial charge in [-0.3, -0.25) is 9.55 Å². The molecule has 10 heteroatoms. The lowest BCUT2D eigenvalue weighted by Crippen LogP contribution is -2.51. The van der Waals surface area contributed by atoms with E-state index in [0.29, 0.717) is 5.69 Å². The monoisotopic (exact) mass is 592 g/mol. The highest BCUT2D eigenvalue weighted by Gasteiger charge is 2.43. The first-order valence-electron chi connectivity index (χ1n) is 11.4. The molecule has 1 fully saturated rings. The number of rotatable bonds is 9. The first-order chi connectivity index (χ1) is 16.7. The van der Waals surface area contributed by atoms with Crippen LogP contribution in [0, 0.1) is 9.49 Å². The van der Waals surface area contributed by atoms with Crippen molar-refractivity contribution in [3.8, 4) is 5.75 Å². The minimum absolute atomic E-state index is 0.0559. The highest BCUT2D eigenvalue weighted by Crippen LogP contribution is 2.30. The van der Waals surface area contributed by atoms with Crippen molar-refractivity contribution in [2.75, 3.05) is 7.11 Å². The topological polar surface area (TPSA) is 103 Å². The van der Waals surface area contributed by atoms with Crippen molar-refractivity contribution in [1.29, 1.82) is 0 Å². The van der Waals surface area contributed by atoms with Crippen LogP contribution in [0.15, 0.2) is 63.1 Å². The van der Waals surface area contributed by atoms with Gasteiger partial charge in [0.2, 0.25) is 5.62 Å². The Kier molecular flexibility index (Phi) is 7.92. The molecule has 2 heterocycles. The fourth-order valence-corrected chi connectivity index (χ4v) is 4.16. The third-order valence-corrected chi connectivity index (χ3v) is 6.34. The largest absolute Gasteiger partial charge is 0.491 e. The zero-order valence-corrected chi connectivity index (χ0v) is 22.3. The molecule has 35 heavy (non-hydrogen) atoms. The summed E-state index contributed by atoms with van der Waals surface area (Å²) in [5.74, 6) is 0.641. The number of epoxide rings is 1. The lowest BCUT2D eigenvalue weighted by molar-refractivity contribution is 0.0950. The third-order valence-electron chi connectivity index (χ3n) is 5.63. The predicted molar refractivity (Wildman–Crippen MR) is 140 cm³/mol. The van der Waals surface area contributed by atoms with Crippen LogP contribution in [-0.4, -0.2) is 39.7 Å². The quantitative estimate of drug-likeness (QED) is 0.304. The summed E-state index contributed by atoms with van der Waals surface area (Å²) in [7, 11) is 1.57. The molecule has 1 aliphatic rings. The number of hydrogen-bond acceptors (Lipinski definition) is 6. The third kappa shape index (κ3) is 6.30. The molecule has 1 aliphatic heterocycles. The number of methoxy groups -OCH3 is 1. The molecule has 186 valence electrons. The van der Waals surface area contributed by atoms with Crippen molar-refractivity contribution in [3.63, 3.8) is 0 Å². The van der Waals surface area contributed by atoms with Crippen molar-refractivity contribution >= 4 is 28.3 Å². The Balaban J connectivity index is 1.74. The number of nitrogens with zero attached hydrogens (tertiary/aromatic N) is 3. The number of nitrogens with one attached hydrogen (secondary N) is 1. The summed E-state index contributed by atoms with van der Waals surface area (Å²) in [6, 6.07) is 15.0. The second kappa shape index (κ2) is 10.9. The SMILES string of the molecule is COC1OC1[C@@H](C)Cn1c(=O)[nH]/c(=N\c2ccc(OC(C)C)cc2)n(Cc2ccc(I)cc2)c1=O. The van der Waals surface area contributed by atoms with E-state index in [-0.39, 0.29) is 43.1 Å². The van der Waals surface area contributed by atoms with E-state index in [0.717, 1.165) is 14.9 Å². The van der Waals surface area contributed by atoms with Gasteiger partial charge in [0, 0.05) is 23.1 Å². The molecule has 0 spiro atoms. The Labute approximate surface area is 216 Å². The van der Waals surface area contributed by atoms with Crippen LogP contribution >= 0.6 is 22.6 Å². The Hall–Kier alpha value is -2.70. The molecule has 1 saturated heterocycles. The first kappa shape index (κ1) is 25.4. The van der Waals surface area contributed by atoms with Gasteiger partial charge in [0.25, 0.3) is 0 Å². The van der Waals surface area contributed by atoms with Gasteiger partial charge in [-0.25, -0.2) is 19.1 Å². The lowest BCUT2D eigenvalue weighted by Gasteiger charge is -2.14. The van der Waals surface area contributed by atoms with Crippen LogP contribution in [0.1, 0.15) is 26.3 Å². The molecular formula is C25H29IN4O5. The zero-order valence-electron chi connectivity index (χ0n) is 20.1. The molecule has 0 saturated carbocycles. The van der Waals surface area contributed by atoms with Gasteiger partial charge in [-0.1, -0.05) is 19.1 Å². The summed E-state index contributed by atoms with van der Waals surface area (Å²) in [5, 5.41) is 0. The van der Waals surface area contributed by atoms with Gasteiger partial charge < -0.3 is 14.2 Å². The van der Waals surface area contributed by atoms with E-state index in [1.165, 1.54) is 9.13 Å². The van der Waals surface area contributed by atoms with Crippen molar-refractivity contribution in [3.05, 3.63) is 84.3 Å². The minimum atomic E-state index is -0.520. The van der Waals surface area contributed by atoms with Crippen LogP contribution in [0.25, 0.3) is 0 Å². The number of H-pyrrole nitrogens is 1. The van der Waals surface area contributed by atoms with E-state index in [2.05, 4.69) is 32.6 Å². The van der Waals surface area contributed by atoms with Gasteiger partial charge in [0.1, 0.15) is 11.9 Å². The maximum Gasteiger partial charge on any atom is 0.335 e. The summed E-state index contributed by atoms with van der Waals surface area (Å²) in [6.45, 7) is 6.30. The molecule has 3 aromatic rings. The van der Waals surface area contributed by atoms with Crippen LogP contribution in [0.5, 0.6) is 5.75 Å². The summed E-state index contributed by atoms with van der Waals surface area (Å²) < 4.78 is 20.1. The maximum atomic E-state index is 13.5. The van der Waals surface area contributed by atoms with Gasteiger partial charge in [-0.15, -0.1) is 0 Å². The van der Waals surface area contributed by atoms with E-state index >= 15 is 0 Å². The van der Waals surface area contributed by atoms with Gasteiger partial charge >= 0.3 is 11.4 Å². The van der Waals surface area contributed by atoms with Gasteiger partial charge in [0.15, 0.2) is 6.29 Å². The summed E-state index contributed by atoms with van der Waals surface area (Å²) in [5.41, 5.74) is 0.729.